The molecule has 0 unspecified atom stereocenters. The zero-order valence-electron chi connectivity index (χ0n) is 11.4. The molecule has 0 atom stereocenters. The number of hydrogen-bond acceptors (Lipinski definition) is 5. The molecule has 0 spiro atoms. The molecule has 114 valence electrons. The van der Waals surface area contributed by atoms with Crippen LogP contribution in [0.3, 0.4) is 0 Å². The number of thiophene rings is 1. The van der Waals surface area contributed by atoms with Crippen LogP contribution in [0.1, 0.15) is 5.89 Å². The van der Waals surface area contributed by atoms with Crippen LogP contribution in [0.15, 0.2) is 51.2 Å². The second kappa shape index (κ2) is 5.54. The van der Waals surface area contributed by atoms with Crippen LogP contribution in [0.4, 0.5) is 10.1 Å². The van der Waals surface area contributed by atoms with Crippen LogP contribution in [-0.4, -0.2) is 13.4 Å². The van der Waals surface area contributed by atoms with Gasteiger partial charge in [-0.2, -0.15) is 0 Å². The molecule has 0 saturated carbocycles. The van der Waals surface area contributed by atoms with Crippen molar-refractivity contribution in [3.8, 4) is 10.6 Å². The van der Waals surface area contributed by atoms with Crippen molar-refractivity contribution in [2.75, 3.05) is 4.72 Å². The number of rotatable bonds is 4. The number of halogens is 1. The molecule has 5 nitrogen and oxygen atoms in total. The number of hydrogen-bond donors (Lipinski definition) is 1. The van der Waals surface area contributed by atoms with E-state index in [-0.39, 0.29) is 4.21 Å². The van der Waals surface area contributed by atoms with E-state index in [1.165, 1.54) is 30.3 Å². The maximum Gasteiger partial charge on any atom is 0.271 e. The fourth-order valence-corrected chi connectivity index (χ4v) is 4.11. The third-order valence-corrected chi connectivity index (χ3v) is 5.78. The molecule has 8 heteroatoms. The summed E-state index contributed by atoms with van der Waals surface area (Å²) in [6, 6.07) is 8.25. The van der Waals surface area contributed by atoms with E-state index in [0.717, 1.165) is 11.3 Å². The lowest BCUT2D eigenvalue weighted by Gasteiger charge is -2.05. The Kier molecular flexibility index (Phi) is 3.71. The van der Waals surface area contributed by atoms with E-state index >= 15 is 0 Å². The minimum atomic E-state index is -3.72. The molecule has 0 aliphatic rings. The topological polar surface area (TPSA) is 72.2 Å². The standard InChI is InChI=1S/C14H11FN2O3S2/c1-9-16-8-12(20-9)13-6-7-14(21-13)22(18,19)17-11-4-2-10(15)3-5-11/h2-8,17H,1H3. The number of nitrogens with zero attached hydrogens (tertiary/aromatic N) is 1. The molecular weight excluding hydrogens is 327 g/mol. The number of oxazole rings is 1. The number of aromatic nitrogens is 1. The van der Waals surface area contributed by atoms with Crippen LogP contribution in [0.2, 0.25) is 0 Å². The van der Waals surface area contributed by atoms with Crippen molar-refractivity contribution in [3.05, 3.63) is 54.3 Å². The SMILES string of the molecule is Cc1ncc(-c2ccc(S(=O)(=O)Nc3ccc(F)cc3)s2)o1. The highest BCUT2D eigenvalue weighted by molar-refractivity contribution is 7.94. The number of anilines is 1. The van der Waals surface area contributed by atoms with Gasteiger partial charge < -0.3 is 4.42 Å². The largest absolute Gasteiger partial charge is 0.440 e. The van der Waals surface area contributed by atoms with E-state index in [9.17, 15) is 12.8 Å². The summed E-state index contributed by atoms with van der Waals surface area (Å²) in [5.74, 6) is 0.602. The molecule has 0 bridgehead atoms. The molecule has 2 aromatic heterocycles. The summed E-state index contributed by atoms with van der Waals surface area (Å²) >= 11 is 1.07. The Labute approximate surface area is 130 Å². The normalized spacial score (nSPS) is 11.5. The predicted molar refractivity (Wildman–Crippen MR) is 81.8 cm³/mol. The van der Waals surface area contributed by atoms with Crippen molar-refractivity contribution in [3.63, 3.8) is 0 Å². The van der Waals surface area contributed by atoms with E-state index in [2.05, 4.69) is 9.71 Å². The van der Waals surface area contributed by atoms with Crippen molar-refractivity contribution < 1.29 is 17.2 Å². The Hall–Kier alpha value is -2.19. The average Bonchev–Trinajstić information content (AvgIpc) is 3.10. The molecule has 1 aromatic carbocycles. The lowest BCUT2D eigenvalue weighted by atomic mass is 10.3. The second-order valence-corrected chi connectivity index (χ2v) is 7.47. The smallest absolute Gasteiger partial charge is 0.271 e. The minimum absolute atomic E-state index is 0.140. The van der Waals surface area contributed by atoms with E-state index in [1.807, 2.05) is 0 Å². The second-order valence-electron chi connectivity index (χ2n) is 4.47. The van der Waals surface area contributed by atoms with Gasteiger partial charge in [0.15, 0.2) is 11.7 Å². The summed E-state index contributed by atoms with van der Waals surface area (Å²) in [5.41, 5.74) is 0.298. The summed E-state index contributed by atoms with van der Waals surface area (Å²) in [5, 5.41) is 0. The van der Waals surface area contributed by atoms with E-state index in [0.29, 0.717) is 22.2 Å². The molecule has 0 fully saturated rings. The first-order valence-electron chi connectivity index (χ1n) is 6.25. The van der Waals surface area contributed by atoms with Gasteiger partial charge in [0, 0.05) is 12.6 Å². The molecule has 3 aromatic rings. The van der Waals surface area contributed by atoms with Gasteiger partial charge in [-0.15, -0.1) is 11.3 Å². The highest BCUT2D eigenvalue weighted by Gasteiger charge is 2.18. The summed E-state index contributed by atoms with van der Waals surface area (Å²) in [4.78, 5) is 4.65. The van der Waals surface area contributed by atoms with Gasteiger partial charge in [0.25, 0.3) is 10.0 Å². The molecule has 1 N–H and O–H groups in total. The Morgan fingerprint density at radius 2 is 1.91 bits per heavy atom. The van der Waals surface area contributed by atoms with Gasteiger partial charge in [0.1, 0.15) is 10.0 Å². The Morgan fingerprint density at radius 1 is 1.18 bits per heavy atom. The van der Waals surface area contributed by atoms with Gasteiger partial charge in [-0.1, -0.05) is 0 Å². The summed E-state index contributed by atoms with van der Waals surface area (Å²) in [6.07, 6.45) is 1.55. The van der Waals surface area contributed by atoms with Crippen LogP contribution in [0, 0.1) is 12.7 Å². The lowest BCUT2D eigenvalue weighted by molar-refractivity contribution is 0.535. The molecular formula is C14H11FN2O3S2. The summed E-state index contributed by atoms with van der Waals surface area (Å²) < 4.78 is 45.3. The number of nitrogens with one attached hydrogen (secondary N) is 1. The molecule has 3 rings (SSSR count). The molecule has 0 aliphatic heterocycles. The van der Waals surface area contributed by atoms with Gasteiger partial charge in [-0.25, -0.2) is 17.8 Å². The molecule has 0 aliphatic carbocycles. The first-order chi connectivity index (χ1) is 10.4. The van der Waals surface area contributed by atoms with Crippen LogP contribution >= 0.6 is 11.3 Å². The maximum absolute atomic E-state index is 12.8. The molecule has 0 amide bonds. The predicted octanol–water partition coefficient (Wildman–Crippen LogP) is 3.65. The first kappa shape index (κ1) is 14.7. The minimum Gasteiger partial charge on any atom is -0.440 e. The van der Waals surface area contributed by atoms with E-state index in [4.69, 9.17) is 4.42 Å². The number of sulfonamides is 1. The lowest BCUT2D eigenvalue weighted by Crippen LogP contribution is -2.11. The molecule has 2 heterocycles. The summed E-state index contributed by atoms with van der Waals surface area (Å²) in [6.45, 7) is 1.71. The third-order valence-electron chi connectivity index (χ3n) is 2.81. The third kappa shape index (κ3) is 3.02. The quantitative estimate of drug-likeness (QED) is 0.788. The van der Waals surface area contributed by atoms with Crippen molar-refractivity contribution in [2.24, 2.45) is 0 Å². The van der Waals surface area contributed by atoms with Gasteiger partial charge in [-0.3, -0.25) is 4.72 Å². The van der Waals surface area contributed by atoms with Gasteiger partial charge in [-0.05, 0) is 36.4 Å². The maximum atomic E-state index is 12.8. The molecule has 0 radical (unpaired) electrons. The van der Waals surface area contributed by atoms with Crippen molar-refractivity contribution in [2.45, 2.75) is 11.1 Å². The number of aryl methyl sites for hydroxylation is 1. The Bertz CT molecular complexity index is 898. The van der Waals surface area contributed by atoms with Gasteiger partial charge >= 0.3 is 0 Å². The first-order valence-corrected chi connectivity index (χ1v) is 8.55. The van der Waals surface area contributed by atoms with Crippen LogP contribution < -0.4 is 4.72 Å². The van der Waals surface area contributed by atoms with Crippen molar-refractivity contribution in [1.82, 2.24) is 4.98 Å². The zero-order chi connectivity index (χ0) is 15.7. The van der Waals surface area contributed by atoms with Crippen LogP contribution in [-0.2, 0) is 10.0 Å². The Balaban J connectivity index is 1.86. The van der Waals surface area contributed by atoms with Crippen molar-refractivity contribution >= 4 is 27.0 Å². The highest BCUT2D eigenvalue weighted by atomic mass is 32.2. The zero-order valence-corrected chi connectivity index (χ0v) is 13.0. The average molecular weight is 338 g/mol. The molecule has 22 heavy (non-hydrogen) atoms. The number of benzene rings is 1. The fraction of sp³-hybridized carbons (Fsp3) is 0.0714. The Morgan fingerprint density at radius 3 is 2.55 bits per heavy atom. The molecule has 0 saturated heterocycles. The van der Waals surface area contributed by atoms with E-state index < -0.39 is 15.8 Å². The van der Waals surface area contributed by atoms with Crippen molar-refractivity contribution in [1.29, 1.82) is 0 Å². The monoisotopic (exact) mass is 338 g/mol. The fourth-order valence-electron chi connectivity index (χ4n) is 1.80. The van der Waals surface area contributed by atoms with E-state index in [1.54, 1.807) is 19.2 Å². The van der Waals surface area contributed by atoms with Gasteiger partial charge in [0.05, 0.1) is 11.1 Å². The summed E-state index contributed by atoms with van der Waals surface area (Å²) in [7, 11) is -3.72. The van der Waals surface area contributed by atoms with Crippen LogP contribution in [0.25, 0.3) is 10.6 Å². The van der Waals surface area contributed by atoms with Gasteiger partial charge in [0.2, 0.25) is 0 Å². The highest BCUT2D eigenvalue weighted by Crippen LogP contribution is 2.32. The van der Waals surface area contributed by atoms with Crippen LogP contribution in [0.5, 0.6) is 0 Å².